The molecular formula is C15H23ClN2OS. The first kappa shape index (κ1) is 17.3. The molecule has 1 aromatic rings. The first-order chi connectivity index (χ1) is 9.29. The normalized spacial score (nSPS) is 15.4. The number of anilines is 1. The molecule has 0 bridgehead atoms. The number of hydrogen-bond donors (Lipinski definition) is 2. The molecule has 1 aliphatic heterocycles. The van der Waals surface area contributed by atoms with E-state index in [-0.39, 0.29) is 18.3 Å². The monoisotopic (exact) mass is 314 g/mol. The Morgan fingerprint density at radius 2 is 2.05 bits per heavy atom. The lowest BCUT2D eigenvalue weighted by Gasteiger charge is -2.22. The standard InChI is InChI=1S/C15H22N2OS.ClH/c1-19-14-5-3-2-4-13(14)17-15(18)7-6-12-8-10-16-11-9-12;/h2-5,12,16H,6-11H2,1H3,(H,17,18);1H. The maximum absolute atomic E-state index is 12.0. The van der Waals surface area contributed by atoms with Crippen LogP contribution in [-0.2, 0) is 4.79 Å². The molecule has 1 aliphatic rings. The summed E-state index contributed by atoms with van der Waals surface area (Å²) in [6.07, 6.45) is 6.08. The Kier molecular flexibility index (Phi) is 8.04. The van der Waals surface area contributed by atoms with Gasteiger partial charge in [0.05, 0.1) is 5.69 Å². The zero-order chi connectivity index (χ0) is 13.5. The van der Waals surface area contributed by atoms with Crippen molar-refractivity contribution in [2.75, 3.05) is 24.7 Å². The van der Waals surface area contributed by atoms with Crippen LogP contribution in [0.15, 0.2) is 29.2 Å². The van der Waals surface area contributed by atoms with Gasteiger partial charge in [0.1, 0.15) is 0 Å². The summed E-state index contributed by atoms with van der Waals surface area (Å²) >= 11 is 1.66. The van der Waals surface area contributed by atoms with Gasteiger partial charge >= 0.3 is 0 Å². The van der Waals surface area contributed by atoms with Crippen LogP contribution in [0.3, 0.4) is 0 Å². The Labute approximate surface area is 131 Å². The molecule has 1 amide bonds. The zero-order valence-corrected chi connectivity index (χ0v) is 13.5. The van der Waals surface area contributed by atoms with Gasteiger partial charge in [0.15, 0.2) is 0 Å². The van der Waals surface area contributed by atoms with Gasteiger partial charge in [0.2, 0.25) is 5.91 Å². The molecule has 2 rings (SSSR count). The van der Waals surface area contributed by atoms with Crippen LogP contribution in [0, 0.1) is 5.92 Å². The highest BCUT2D eigenvalue weighted by molar-refractivity contribution is 7.98. The van der Waals surface area contributed by atoms with Gasteiger partial charge in [-0.15, -0.1) is 24.2 Å². The molecule has 0 aromatic heterocycles. The molecule has 0 unspecified atom stereocenters. The van der Waals surface area contributed by atoms with E-state index in [0.717, 1.165) is 30.1 Å². The van der Waals surface area contributed by atoms with Gasteiger partial charge in [-0.25, -0.2) is 0 Å². The average molecular weight is 315 g/mol. The molecule has 2 N–H and O–H groups in total. The number of para-hydroxylation sites is 1. The summed E-state index contributed by atoms with van der Waals surface area (Å²) in [5, 5.41) is 6.38. The number of rotatable bonds is 5. The van der Waals surface area contributed by atoms with E-state index in [1.165, 1.54) is 12.8 Å². The third kappa shape index (κ3) is 5.35. The second-order valence-electron chi connectivity index (χ2n) is 4.98. The lowest BCUT2D eigenvalue weighted by atomic mass is 9.93. The van der Waals surface area contributed by atoms with Gasteiger partial charge in [-0.05, 0) is 56.7 Å². The summed E-state index contributed by atoms with van der Waals surface area (Å²) in [7, 11) is 0. The van der Waals surface area contributed by atoms with E-state index in [4.69, 9.17) is 0 Å². The van der Waals surface area contributed by atoms with Crippen LogP contribution in [0.5, 0.6) is 0 Å². The molecule has 1 fully saturated rings. The number of thioether (sulfide) groups is 1. The molecule has 0 atom stereocenters. The average Bonchev–Trinajstić information content (AvgIpc) is 2.47. The quantitative estimate of drug-likeness (QED) is 0.817. The van der Waals surface area contributed by atoms with Crippen molar-refractivity contribution in [3.8, 4) is 0 Å². The van der Waals surface area contributed by atoms with E-state index in [9.17, 15) is 4.79 Å². The number of carbonyl (C=O) groups is 1. The second-order valence-corrected chi connectivity index (χ2v) is 5.83. The van der Waals surface area contributed by atoms with E-state index < -0.39 is 0 Å². The van der Waals surface area contributed by atoms with Crippen LogP contribution in [0.4, 0.5) is 5.69 Å². The number of piperidine rings is 1. The summed E-state index contributed by atoms with van der Waals surface area (Å²) in [6.45, 7) is 2.20. The van der Waals surface area contributed by atoms with Crippen molar-refractivity contribution in [3.63, 3.8) is 0 Å². The Hall–Kier alpha value is -0.710. The predicted octanol–water partition coefficient (Wildman–Crippen LogP) is 3.55. The molecule has 0 spiro atoms. The molecule has 3 nitrogen and oxygen atoms in total. The molecule has 20 heavy (non-hydrogen) atoms. The van der Waals surface area contributed by atoms with Crippen molar-refractivity contribution in [3.05, 3.63) is 24.3 Å². The topological polar surface area (TPSA) is 41.1 Å². The molecule has 5 heteroatoms. The maximum Gasteiger partial charge on any atom is 0.224 e. The van der Waals surface area contributed by atoms with Crippen molar-refractivity contribution in [2.45, 2.75) is 30.6 Å². The molecule has 112 valence electrons. The highest BCUT2D eigenvalue weighted by Crippen LogP contribution is 2.25. The van der Waals surface area contributed by atoms with Gasteiger partial charge in [0.25, 0.3) is 0 Å². The Balaban J connectivity index is 0.00000200. The van der Waals surface area contributed by atoms with Crippen LogP contribution >= 0.6 is 24.2 Å². The van der Waals surface area contributed by atoms with E-state index in [1.807, 2.05) is 30.5 Å². The fourth-order valence-corrected chi connectivity index (χ4v) is 3.02. The number of amides is 1. The minimum Gasteiger partial charge on any atom is -0.325 e. The second kappa shape index (κ2) is 9.27. The van der Waals surface area contributed by atoms with E-state index >= 15 is 0 Å². The van der Waals surface area contributed by atoms with Crippen LogP contribution in [0.2, 0.25) is 0 Å². The molecule has 0 radical (unpaired) electrons. The summed E-state index contributed by atoms with van der Waals surface area (Å²) < 4.78 is 0. The van der Waals surface area contributed by atoms with Crippen LogP contribution in [0.1, 0.15) is 25.7 Å². The molecular weight excluding hydrogens is 292 g/mol. The third-order valence-corrected chi connectivity index (χ3v) is 4.42. The smallest absolute Gasteiger partial charge is 0.224 e. The van der Waals surface area contributed by atoms with E-state index in [1.54, 1.807) is 11.8 Å². The highest BCUT2D eigenvalue weighted by Gasteiger charge is 2.14. The van der Waals surface area contributed by atoms with Crippen LogP contribution in [-0.4, -0.2) is 25.3 Å². The minimum absolute atomic E-state index is 0. The van der Waals surface area contributed by atoms with Crippen LogP contribution < -0.4 is 10.6 Å². The summed E-state index contributed by atoms with van der Waals surface area (Å²) in [5.41, 5.74) is 0.935. The number of carbonyl (C=O) groups excluding carboxylic acids is 1. The zero-order valence-electron chi connectivity index (χ0n) is 11.9. The fraction of sp³-hybridized carbons (Fsp3) is 0.533. The van der Waals surface area contributed by atoms with E-state index in [0.29, 0.717) is 12.3 Å². The van der Waals surface area contributed by atoms with Crippen molar-refractivity contribution < 1.29 is 4.79 Å². The van der Waals surface area contributed by atoms with Gasteiger partial charge in [0, 0.05) is 11.3 Å². The summed E-state index contributed by atoms with van der Waals surface area (Å²) in [5.74, 6) is 0.850. The number of hydrogen-bond acceptors (Lipinski definition) is 3. The Morgan fingerprint density at radius 1 is 1.35 bits per heavy atom. The number of benzene rings is 1. The van der Waals surface area contributed by atoms with Gasteiger partial charge in [-0.3, -0.25) is 4.79 Å². The van der Waals surface area contributed by atoms with E-state index in [2.05, 4.69) is 10.6 Å². The summed E-state index contributed by atoms with van der Waals surface area (Å²) in [6, 6.07) is 7.96. The SMILES string of the molecule is CSc1ccccc1NC(=O)CCC1CCNCC1.Cl. The van der Waals surface area contributed by atoms with Crippen molar-refractivity contribution in [2.24, 2.45) is 5.92 Å². The minimum atomic E-state index is 0. The molecule has 1 saturated heterocycles. The maximum atomic E-state index is 12.0. The van der Waals surface area contributed by atoms with Gasteiger partial charge in [-0.2, -0.15) is 0 Å². The molecule has 0 aliphatic carbocycles. The lowest BCUT2D eigenvalue weighted by molar-refractivity contribution is -0.116. The highest BCUT2D eigenvalue weighted by atomic mass is 35.5. The van der Waals surface area contributed by atoms with Crippen LogP contribution in [0.25, 0.3) is 0 Å². The Bertz CT molecular complexity index is 422. The summed E-state index contributed by atoms with van der Waals surface area (Å²) in [4.78, 5) is 13.1. The first-order valence-corrected chi connectivity index (χ1v) is 8.15. The van der Waals surface area contributed by atoms with Gasteiger partial charge < -0.3 is 10.6 Å². The molecule has 1 aromatic carbocycles. The molecule has 0 saturated carbocycles. The number of halogens is 1. The van der Waals surface area contributed by atoms with Crippen molar-refractivity contribution in [1.82, 2.24) is 5.32 Å². The molecule has 1 heterocycles. The third-order valence-electron chi connectivity index (χ3n) is 3.62. The Morgan fingerprint density at radius 3 is 2.75 bits per heavy atom. The lowest BCUT2D eigenvalue weighted by Crippen LogP contribution is -2.28. The fourth-order valence-electron chi connectivity index (χ4n) is 2.47. The van der Waals surface area contributed by atoms with Crippen molar-refractivity contribution in [1.29, 1.82) is 0 Å². The number of nitrogens with one attached hydrogen (secondary N) is 2. The largest absolute Gasteiger partial charge is 0.325 e. The van der Waals surface area contributed by atoms with Gasteiger partial charge in [-0.1, -0.05) is 12.1 Å². The van der Waals surface area contributed by atoms with Crippen molar-refractivity contribution >= 4 is 35.8 Å². The first-order valence-electron chi connectivity index (χ1n) is 6.93. The predicted molar refractivity (Wildman–Crippen MR) is 88.9 cm³/mol.